The molecular formula is C12H20N2O. The van der Waals surface area contributed by atoms with E-state index in [1.807, 2.05) is 6.07 Å². The molecule has 0 amide bonds. The monoisotopic (exact) mass is 208 g/mol. The van der Waals surface area contributed by atoms with E-state index in [0.29, 0.717) is 13.1 Å². The smallest absolute Gasteiger partial charge is 0.0558 e. The van der Waals surface area contributed by atoms with Gasteiger partial charge in [0.25, 0.3) is 0 Å². The van der Waals surface area contributed by atoms with Gasteiger partial charge in [0.05, 0.1) is 6.61 Å². The first-order valence-corrected chi connectivity index (χ1v) is 5.44. The van der Waals surface area contributed by atoms with Crippen LogP contribution in [0.5, 0.6) is 0 Å². The van der Waals surface area contributed by atoms with Gasteiger partial charge in [-0.2, -0.15) is 0 Å². The lowest BCUT2D eigenvalue weighted by Crippen LogP contribution is -2.33. The number of aliphatic hydroxyl groups excluding tert-OH is 1. The van der Waals surface area contributed by atoms with Crippen molar-refractivity contribution in [3.8, 4) is 0 Å². The summed E-state index contributed by atoms with van der Waals surface area (Å²) in [5, 5.41) is 8.88. The molecule has 0 radical (unpaired) electrons. The molecule has 3 nitrogen and oxygen atoms in total. The van der Waals surface area contributed by atoms with Crippen LogP contribution in [0.25, 0.3) is 0 Å². The molecule has 84 valence electrons. The van der Waals surface area contributed by atoms with Gasteiger partial charge in [0, 0.05) is 26.2 Å². The molecule has 3 heteroatoms. The van der Waals surface area contributed by atoms with E-state index in [4.69, 9.17) is 10.8 Å². The molecule has 0 aliphatic rings. The van der Waals surface area contributed by atoms with Crippen molar-refractivity contribution in [3.63, 3.8) is 0 Å². The van der Waals surface area contributed by atoms with E-state index in [1.165, 1.54) is 5.56 Å². The Morgan fingerprint density at radius 1 is 1.07 bits per heavy atom. The third-order valence-electron chi connectivity index (χ3n) is 2.42. The van der Waals surface area contributed by atoms with Crippen LogP contribution in [-0.4, -0.2) is 42.8 Å². The summed E-state index contributed by atoms with van der Waals surface area (Å²) >= 11 is 0. The van der Waals surface area contributed by atoms with Crippen molar-refractivity contribution < 1.29 is 5.11 Å². The molecule has 0 fully saturated rings. The zero-order valence-electron chi connectivity index (χ0n) is 9.10. The summed E-state index contributed by atoms with van der Waals surface area (Å²) in [5.41, 5.74) is 6.84. The Morgan fingerprint density at radius 3 is 2.40 bits per heavy atom. The lowest BCUT2D eigenvalue weighted by molar-refractivity contribution is 0.200. The summed E-state index contributed by atoms with van der Waals surface area (Å²) < 4.78 is 0. The minimum Gasteiger partial charge on any atom is -0.395 e. The molecular weight excluding hydrogens is 188 g/mol. The summed E-state index contributed by atoms with van der Waals surface area (Å²) in [6.07, 6.45) is 1.01. The second-order valence-electron chi connectivity index (χ2n) is 3.59. The lowest BCUT2D eigenvalue weighted by atomic mass is 10.1. The van der Waals surface area contributed by atoms with Crippen LogP contribution in [0.15, 0.2) is 30.3 Å². The fourth-order valence-electron chi connectivity index (χ4n) is 1.59. The van der Waals surface area contributed by atoms with E-state index < -0.39 is 0 Å². The second kappa shape index (κ2) is 7.40. The third kappa shape index (κ3) is 4.93. The van der Waals surface area contributed by atoms with Crippen LogP contribution < -0.4 is 5.73 Å². The Hall–Kier alpha value is -0.900. The molecule has 0 aromatic heterocycles. The number of rotatable bonds is 7. The summed E-state index contributed by atoms with van der Waals surface area (Å²) in [7, 11) is 0. The maximum absolute atomic E-state index is 8.88. The van der Waals surface area contributed by atoms with E-state index >= 15 is 0 Å². The van der Waals surface area contributed by atoms with Crippen LogP contribution in [0.4, 0.5) is 0 Å². The molecule has 0 atom stereocenters. The molecule has 0 aliphatic heterocycles. The number of nitrogens with two attached hydrogens (primary N) is 1. The van der Waals surface area contributed by atoms with E-state index in [0.717, 1.165) is 19.5 Å². The maximum atomic E-state index is 8.88. The third-order valence-corrected chi connectivity index (χ3v) is 2.42. The Labute approximate surface area is 91.5 Å². The van der Waals surface area contributed by atoms with E-state index in [1.54, 1.807) is 0 Å². The van der Waals surface area contributed by atoms with Crippen LogP contribution in [0.1, 0.15) is 5.56 Å². The first-order valence-electron chi connectivity index (χ1n) is 5.44. The number of hydrogen-bond acceptors (Lipinski definition) is 3. The molecule has 1 aromatic rings. The van der Waals surface area contributed by atoms with Crippen molar-refractivity contribution in [1.29, 1.82) is 0 Å². The highest BCUT2D eigenvalue weighted by molar-refractivity contribution is 5.14. The Bertz CT molecular complexity index is 245. The fraction of sp³-hybridized carbons (Fsp3) is 0.500. The minimum absolute atomic E-state index is 0.203. The van der Waals surface area contributed by atoms with Gasteiger partial charge in [-0.05, 0) is 12.0 Å². The van der Waals surface area contributed by atoms with Gasteiger partial charge in [-0.1, -0.05) is 30.3 Å². The van der Waals surface area contributed by atoms with Crippen LogP contribution in [0.3, 0.4) is 0 Å². The van der Waals surface area contributed by atoms with Gasteiger partial charge in [-0.25, -0.2) is 0 Å². The second-order valence-corrected chi connectivity index (χ2v) is 3.59. The van der Waals surface area contributed by atoms with Crippen molar-refractivity contribution in [2.75, 3.05) is 32.8 Å². The molecule has 0 heterocycles. The molecule has 1 aromatic carbocycles. The minimum atomic E-state index is 0.203. The van der Waals surface area contributed by atoms with Gasteiger partial charge in [-0.15, -0.1) is 0 Å². The lowest BCUT2D eigenvalue weighted by Gasteiger charge is -2.20. The van der Waals surface area contributed by atoms with Gasteiger partial charge < -0.3 is 10.8 Å². The zero-order valence-corrected chi connectivity index (χ0v) is 9.10. The molecule has 0 spiro atoms. The number of nitrogens with zero attached hydrogens (tertiary/aromatic N) is 1. The van der Waals surface area contributed by atoms with Crippen molar-refractivity contribution in [2.45, 2.75) is 6.42 Å². The largest absolute Gasteiger partial charge is 0.395 e. The number of aliphatic hydroxyl groups is 1. The summed E-state index contributed by atoms with van der Waals surface area (Å²) in [6.45, 7) is 3.38. The highest BCUT2D eigenvalue weighted by Crippen LogP contribution is 2.00. The van der Waals surface area contributed by atoms with E-state index in [9.17, 15) is 0 Å². The Balaban J connectivity index is 2.33. The quantitative estimate of drug-likeness (QED) is 0.685. The summed E-state index contributed by atoms with van der Waals surface area (Å²) in [5.74, 6) is 0. The van der Waals surface area contributed by atoms with Crippen LogP contribution in [0.2, 0.25) is 0 Å². The van der Waals surface area contributed by atoms with Crippen LogP contribution in [-0.2, 0) is 6.42 Å². The van der Waals surface area contributed by atoms with E-state index in [-0.39, 0.29) is 6.61 Å². The van der Waals surface area contributed by atoms with Crippen LogP contribution >= 0.6 is 0 Å². The molecule has 0 saturated carbocycles. The van der Waals surface area contributed by atoms with Crippen molar-refractivity contribution in [3.05, 3.63) is 35.9 Å². The highest BCUT2D eigenvalue weighted by Gasteiger charge is 2.02. The summed E-state index contributed by atoms with van der Waals surface area (Å²) in [6, 6.07) is 10.4. The standard InChI is InChI=1S/C12H20N2O/c13-7-9-14(10-11-15)8-6-12-4-2-1-3-5-12/h1-5,15H,6-11,13H2. The Kier molecular flexibility index (Phi) is 6.00. The van der Waals surface area contributed by atoms with Gasteiger partial charge >= 0.3 is 0 Å². The fourth-order valence-corrected chi connectivity index (χ4v) is 1.59. The Morgan fingerprint density at radius 2 is 1.80 bits per heavy atom. The van der Waals surface area contributed by atoms with Gasteiger partial charge in [-0.3, -0.25) is 4.90 Å². The van der Waals surface area contributed by atoms with Crippen molar-refractivity contribution >= 4 is 0 Å². The average molecular weight is 208 g/mol. The average Bonchev–Trinajstić information content (AvgIpc) is 2.28. The first kappa shape index (κ1) is 12.2. The zero-order chi connectivity index (χ0) is 10.9. The molecule has 0 saturated heterocycles. The molecule has 15 heavy (non-hydrogen) atoms. The van der Waals surface area contributed by atoms with Crippen LogP contribution in [0, 0.1) is 0 Å². The molecule has 0 unspecified atom stereocenters. The van der Waals surface area contributed by atoms with Gasteiger partial charge in [0.15, 0.2) is 0 Å². The normalized spacial score (nSPS) is 10.9. The highest BCUT2D eigenvalue weighted by atomic mass is 16.3. The maximum Gasteiger partial charge on any atom is 0.0558 e. The molecule has 0 aliphatic carbocycles. The molecule has 0 bridgehead atoms. The predicted octanol–water partition coefficient (Wildman–Crippen LogP) is 0.482. The molecule has 1 rings (SSSR count). The van der Waals surface area contributed by atoms with Crippen molar-refractivity contribution in [1.82, 2.24) is 4.90 Å². The molecule has 3 N–H and O–H groups in total. The van der Waals surface area contributed by atoms with Gasteiger partial charge in [0.2, 0.25) is 0 Å². The van der Waals surface area contributed by atoms with Gasteiger partial charge in [0.1, 0.15) is 0 Å². The number of hydrogen-bond donors (Lipinski definition) is 2. The predicted molar refractivity (Wildman–Crippen MR) is 62.7 cm³/mol. The topological polar surface area (TPSA) is 49.5 Å². The first-order chi connectivity index (χ1) is 7.36. The number of benzene rings is 1. The van der Waals surface area contributed by atoms with E-state index in [2.05, 4.69) is 29.2 Å². The SMILES string of the molecule is NCCN(CCO)CCc1ccccc1. The summed E-state index contributed by atoms with van der Waals surface area (Å²) in [4.78, 5) is 2.19. The van der Waals surface area contributed by atoms with Crippen molar-refractivity contribution in [2.24, 2.45) is 5.73 Å².